The Balaban J connectivity index is 1.56. The van der Waals surface area contributed by atoms with Gasteiger partial charge in [-0.25, -0.2) is 4.79 Å². The van der Waals surface area contributed by atoms with E-state index in [1.54, 1.807) is 6.92 Å². The monoisotopic (exact) mass is 460 g/mol. The highest BCUT2D eigenvalue weighted by atomic mass is 35.5. The van der Waals surface area contributed by atoms with Crippen LogP contribution in [0.15, 0.2) is 18.2 Å². The molecule has 11 heteroatoms. The summed E-state index contributed by atoms with van der Waals surface area (Å²) in [6.45, 7) is 2.03. The van der Waals surface area contributed by atoms with Crippen LogP contribution in [-0.4, -0.2) is 49.2 Å². The third-order valence-corrected chi connectivity index (χ3v) is 7.47. The van der Waals surface area contributed by atoms with Gasteiger partial charge in [0, 0.05) is 24.4 Å². The number of hydrogen-bond acceptors (Lipinski definition) is 5. The number of nitrogens with one attached hydrogen (secondary N) is 1. The number of alkyl halides is 3. The van der Waals surface area contributed by atoms with E-state index < -0.39 is 58.2 Å². The van der Waals surface area contributed by atoms with Crippen LogP contribution in [0.5, 0.6) is 0 Å². The van der Waals surface area contributed by atoms with E-state index in [0.29, 0.717) is 12.8 Å². The van der Waals surface area contributed by atoms with Crippen LogP contribution in [0.4, 0.5) is 23.7 Å². The van der Waals surface area contributed by atoms with Gasteiger partial charge in [0.1, 0.15) is 6.23 Å². The predicted octanol–water partition coefficient (Wildman–Crippen LogP) is 3.34. The number of halogens is 4. The minimum Gasteiger partial charge on any atom is -0.453 e. The number of alkyl carbamates (subject to hydrolysis) is 1. The van der Waals surface area contributed by atoms with Crippen molar-refractivity contribution in [3.8, 4) is 0 Å². The van der Waals surface area contributed by atoms with Crippen LogP contribution in [0, 0.1) is 11.8 Å². The van der Waals surface area contributed by atoms with Gasteiger partial charge in [0.25, 0.3) is 0 Å². The largest absolute Gasteiger partial charge is 0.453 e. The van der Waals surface area contributed by atoms with Crippen LogP contribution in [0.1, 0.15) is 25.3 Å². The molecule has 4 fully saturated rings. The number of rotatable bonds is 2. The first-order valence-electron chi connectivity index (χ1n) is 9.88. The van der Waals surface area contributed by atoms with Gasteiger partial charge in [0.2, 0.25) is 5.91 Å². The SMILES string of the molecule is COC(=O)N[C@@H]1C[C@]23CCO[C@@H]4[C@H]2[C@@H](C(=O)N4c2ccc(Cl)c(C(F)(F)F)c2)[C@@]1(C)O3. The first-order valence-corrected chi connectivity index (χ1v) is 10.3. The lowest BCUT2D eigenvalue weighted by Gasteiger charge is -2.42. The van der Waals surface area contributed by atoms with Crippen LogP contribution in [-0.2, 0) is 25.2 Å². The number of methoxy groups -OCH3 is 1. The van der Waals surface area contributed by atoms with Crippen molar-refractivity contribution in [2.45, 2.75) is 49.4 Å². The van der Waals surface area contributed by atoms with Gasteiger partial charge in [-0.15, -0.1) is 0 Å². The lowest BCUT2D eigenvalue weighted by atomic mass is 9.64. The zero-order valence-electron chi connectivity index (χ0n) is 16.7. The van der Waals surface area contributed by atoms with Crippen molar-refractivity contribution in [1.82, 2.24) is 5.32 Å². The van der Waals surface area contributed by atoms with Gasteiger partial charge in [-0.1, -0.05) is 11.6 Å². The number of hydrogen-bond donors (Lipinski definition) is 1. The summed E-state index contributed by atoms with van der Waals surface area (Å²) in [5.41, 5.74) is -2.69. The Morgan fingerprint density at radius 2 is 2.13 bits per heavy atom. The molecule has 1 aromatic rings. The molecule has 0 aliphatic carbocycles. The molecule has 1 aromatic carbocycles. The van der Waals surface area contributed by atoms with Crippen molar-refractivity contribution in [3.63, 3.8) is 0 Å². The second kappa shape index (κ2) is 6.49. The highest BCUT2D eigenvalue weighted by molar-refractivity contribution is 6.31. The van der Waals surface area contributed by atoms with Crippen molar-refractivity contribution in [3.05, 3.63) is 28.8 Å². The second-order valence-corrected chi connectivity index (χ2v) is 9.04. The van der Waals surface area contributed by atoms with Gasteiger partial charge in [-0.3, -0.25) is 9.69 Å². The van der Waals surface area contributed by atoms with Gasteiger partial charge in [-0.2, -0.15) is 13.2 Å². The first kappa shape index (κ1) is 20.8. The molecule has 2 amide bonds. The molecule has 0 unspecified atom stereocenters. The van der Waals surface area contributed by atoms with E-state index in [4.69, 9.17) is 25.8 Å². The smallest absolute Gasteiger partial charge is 0.417 e. The summed E-state index contributed by atoms with van der Waals surface area (Å²) in [7, 11) is 1.25. The topological polar surface area (TPSA) is 77.1 Å². The number of benzene rings is 1. The Kier molecular flexibility index (Phi) is 4.36. The molecule has 6 atom stereocenters. The summed E-state index contributed by atoms with van der Waals surface area (Å²) >= 11 is 5.76. The average molecular weight is 461 g/mol. The van der Waals surface area contributed by atoms with Crippen LogP contribution in [0.2, 0.25) is 5.02 Å². The van der Waals surface area contributed by atoms with Gasteiger partial charge < -0.3 is 19.5 Å². The van der Waals surface area contributed by atoms with Crippen molar-refractivity contribution in [2.24, 2.45) is 11.8 Å². The minimum atomic E-state index is -4.66. The van der Waals surface area contributed by atoms with Gasteiger partial charge in [0.15, 0.2) is 0 Å². The van der Waals surface area contributed by atoms with E-state index in [-0.39, 0.29) is 18.2 Å². The molecule has 0 aromatic heterocycles. The molecule has 1 spiro atoms. The third kappa shape index (κ3) is 2.74. The highest BCUT2D eigenvalue weighted by Crippen LogP contribution is 2.65. The van der Waals surface area contributed by atoms with Crippen LogP contribution < -0.4 is 10.2 Å². The summed E-state index contributed by atoms with van der Waals surface area (Å²) in [5, 5.41) is 2.32. The van der Waals surface area contributed by atoms with E-state index in [9.17, 15) is 22.8 Å². The molecular formula is C20H20ClF3N2O5. The van der Waals surface area contributed by atoms with E-state index in [2.05, 4.69) is 5.32 Å². The van der Waals surface area contributed by atoms with Crippen molar-refractivity contribution in [1.29, 1.82) is 0 Å². The zero-order chi connectivity index (χ0) is 22.3. The molecule has 5 rings (SSSR count). The lowest BCUT2D eigenvalue weighted by molar-refractivity contribution is -0.141. The fourth-order valence-corrected chi connectivity index (χ4v) is 6.13. The minimum absolute atomic E-state index is 0.0682. The quantitative estimate of drug-likeness (QED) is 0.732. The summed E-state index contributed by atoms with van der Waals surface area (Å²) in [6, 6.07) is 2.92. The van der Waals surface area contributed by atoms with E-state index >= 15 is 0 Å². The van der Waals surface area contributed by atoms with Crippen LogP contribution in [0.25, 0.3) is 0 Å². The fraction of sp³-hybridized carbons (Fsp3) is 0.600. The number of ether oxygens (including phenoxy) is 3. The molecule has 1 N–H and O–H groups in total. The predicted molar refractivity (Wildman–Crippen MR) is 101 cm³/mol. The highest BCUT2D eigenvalue weighted by Gasteiger charge is 2.78. The van der Waals surface area contributed by atoms with Crippen molar-refractivity contribution >= 4 is 29.3 Å². The summed E-state index contributed by atoms with van der Waals surface area (Å²) in [5.74, 6) is -1.44. The number of anilines is 1. The molecule has 168 valence electrons. The lowest BCUT2D eigenvalue weighted by Crippen LogP contribution is -2.57. The molecule has 4 heterocycles. The first-order chi connectivity index (χ1) is 14.5. The Morgan fingerprint density at radius 3 is 2.81 bits per heavy atom. The molecule has 0 radical (unpaired) electrons. The summed E-state index contributed by atoms with van der Waals surface area (Å²) in [4.78, 5) is 26.7. The molecular weight excluding hydrogens is 441 g/mol. The number of carbonyl (C=O) groups excluding carboxylic acids is 2. The normalized spacial score (nSPS) is 38.4. The molecule has 0 saturated carbocycles. The zero-order valence-corrected chi connectivity index (χ0v) is 17.4. The molecule has 31 heavy (non-hydrogen) atoms. The second-order valence-electron chi connectivity index (χ2n) is 8.63. The Bertz CT molecular complexity index is 975. The molecule has 2 bridgehead atoms. The summed E-state index contributed by atoms with van der Waals surface area (Å²) in [6.07, 6.45) is -5.06. The van der Waals surface area contributed by atoms with E-state index in [0.717, 1.165) is 12.1 Å². The van der Waals surface area contributed by atoms with Gasteiger partial charge in [-0.05, 0) is 25.1 Å². The average Bonchev–Trinajstić information content (AvgIpc) is 3.25. The van der Waals surface area contributed by atoms with E-state index in [1.165, 1.54) is 18.1 Å². The van der Waals surface area contributed by atoms with E-state index in [1.807, 2.05) is 0 Å². The van der Waals surface area contributed by atoms with Gasteiger partial charge in [0.05, 0.1) is 47.5 Å². The fourth-order valence-electron chi connectivity index (χ4n) is 5.90. The number of amides is 2. The number of carbonyl (C=O) groups is 2. The van der Waals surface area contributed by atoms with Gasteiger partial charge >= 0.3 is 12.3 Å². The van der Waals surface area contributed by atoms with Crippen molar-refractivity contribution in [2.75, 3.05) is 18.6 Å². The molecule has 4 aliphatic heterocycles. The Hall–Kier alpha value is -2.04. The summed E-state index contributed by atoms with van der Waals surface area (Å²) < 4.78 is 57.2. The maximum atomic E-state index is 13.6. The van der Waals surface area contributed by atoms with Crippen LogP contribution >= 0.6 is 11.6 Å². The molecule has 4 aliphatic rings. The third-order valence-electron chi connectivity index (χ3n) is 7.14. The van der Waals surface area contributed by atoms with Crippen LogP contribution in [0.3, 0.4) is 0 Å². The number of nitrogens with zero attached hydrogens (tertiary/aromatic N) is 1. The number of fused-ring (bicyclic) bond motifs is 2. The van der Waals surface area contributed by atoms with Crippen molar-refractivity contribution < 1.29 is 37.0 Å². The maximum Gasteiger partial charge on any atom is 0.417 e. The maximum absolute atomic E-state index is 13.6. The Labute approximate surface area is 180 Å². The Morgan fingerprint density at radius 1 is 1.39 bits per heavy atom. The standard InChI is InChI=1S/C20H20ClF3N2O5/c1-18-12(25-17(28)29-2)8-19(31-18)5-6-30-16-14(19)13(18)15(27)26(16)9-3-4-11(21)10(7-9)20(22,23)24/h3-4,7,12-14,16H,5-6,8H2,1-2H3,(H,25,28)/t12-,13+,14-,16-,18+,19-/m1/s1. The molecule has 4 saturated heterocycles. The molecule has 7 nitrogen and oxygen atoms in total.